The van der Waals surface area contributed by atoms with Crippen molar-refractivity contribution in [2.75, 3.05) is 19.0 Å². The highest BCUT2D eigenvalue weighted by atomic mass is 32.2. The zero-order valence-corrected chi connectivity index (χ0v) is 16.6. The molecule has 7 nitrogen and oxygen atoms in total. The second kappa shape index (κ2) is 16.9. The van der Waals surface area contributed by atoms with Crippen LogP contribution >= 0.6 is 11.8 Å². The number of rotatable bonds is 13. The van der Waals surface area contributed by atoms with E-state index in [9.17, 15) is 0 Å². The molecule has 0 aromatic carbocycles. The Morgan fingerprint density at radius 2 is 1.77 bits per heavy atom. The largest absolute Gasteiger partial charge is 0.473 e. The Kier molecular flexibility index (Phi) is 15.9. The second-order valence-electron chi connectivity index (χ2n) is 5.79. The molecule has 1 unspecified atom stereocenters. The first kappa shape index (κ1) is 24.5. The van der Waals surface area contributed by atoms with Gasteiger partial charge in [-0.2, -0.15) is 11.8 Å². The molecule has 0 aliphatic carbocycles. The molecule has 1 heterocycles. The molecule has 150 valence electrons. The van der Waals surface area contributed by atoms with Gasteiger partial charge in [0.1, 0.15) is 0 Å². The third-order valence-electron chi connectivity index (χ3n) is 3.50. The van der Waals surface area contributed by atoms with Crippen molar-refractivity contribution in [2.45, 2.75) is 64.2 Å². The Bertz CT molecular complexity index is 456. The van der Waals surface area contributed by atoms with Crippen LogP contribution in [0.5, 0.6) is 0 Å². The van der Waals surface area contributed by atoms with Gasteiger partial charge in [0.05, 0.1) is 12.9 Å². The molecule has 1 aromatic heterocycles. The fourth-order valence-electron chi connectivity index (χ4n) is 2.22. The summed E-state index contributed by atoms with van der Waals surface area (Å²) in [6, 6.07) is 0. The van der Waals surface area contributed by atoms with Crippen LogP contribution in [-0.4, -0.2) is 55.9 Å². The van der Waals surface area contributed by atoms with Gasteiger partial charge < -0.3 is 19.5 Å². The van der Waals surface area contributed by atoms with Gasteiger partial charge in [0.15, 0.2) is 0 Å². The molecule has 0 radical (unpaired) electrons. The molecule has 2 N–H and O–H groups in total. The van der Waals surface area contributed by atoms with Crippen molar-refractivity contribution in [2.24, 2.45) is 0 Å². The number of hydrogen-bond acceptors (Lipinski definition) is 5. The van der Waals surface area contributed by atoms with E-state index in [0.717, 1.165) is 25.5 Å². The Hall–Kier alpha value is -1.54. The first-order chi connectivity index (χ1) is 12.5. The highest BCUT2D eigenvalue weighted by Gasteiger charge is 2.09. The molecule has 0 fully saturated rings. The number of hydrogen-bond donors (Lipinski definition) is 2. The molecular weight excluding hydrogens is 356 g/mol. The molecule has 1 aromatic rings. The van der Waals surface area contributed by atoms with Crippen LogP contribution in [0, 0.1) is 0 Å². The average molecular weight is 389 g/mol. The molecule has 1 rings (SSSR count). The molecule has 0 spiro atoms. The van der Waals surface area contributed by atoms with Gasteiger partial charge in [-0.25, -0.2) is 14.6 Å². The molecule has 0 bridgehead atoms. The van der Waals surface area contributed by atoms with E-state index in [1.165, 1.54) is 38.5 Å². The van der Waals surface area contributed by atoms with E-state index in [-0.39, 0.29) is 0 Å². The molecule has 0 amide bonds. The third-order valence-corrected chi connectivity index (χ3v) is 4.59. The average Bonchev–Trinajstić information content (AvgIpc) is 3.11. The summed E-state index contributed by atoms with van der Waals surface area (Å²) in [5.74, 6) is -2.51. The molecule has 0 aliphatic rings. The quantitative estimate of drug-likeness (QED) is 0.393. The van der Waals surface area contributed by atoms with Crippen LogP contribution in [0.4, 0.5) is 0 Å². The number of carboxylic acid groups (broad SMARTS) is 2. The number of aliphatic carboxylic acids is 2. The van der Waals surface area contributed by atoms with Crippen LogP contribution < -0.4 is 0 Å². The first-order valence-electron chi connectivity index (χ1n) is 9.12. The molecule has 0 saturated heterocycles. The summed E-state index contributed by atoms with van der Waals surface area (Å²) in [5.41, 5.74) is 0. The van der Waals surface area contributed by atoms with Gasteiger partial charge in [0, 0.05) is 30.8 Å². The van der Waals surface area contributed by atoms with E-state index >= 15 is 0 Å². The summed E-state index contributed by atoms with van der Waals surface area (Å²) in [4.78, 5) is 22.3. The van der Waals surface area contributed by atoms with Gasteiger partial charge in [-0.3, -0.25) is 0 Å². The molecule has 26 heavy (non-hydrogen) atoms. The highest BCUT2D eigenvalue weighted by Crippen LogP contribution is 2.14. The Balaban J connectivity index is 0.000000896. The Labute approximate surface area is 160 Å². The Morgan fingerprint density at radius 3 is 2.31 bits per heavy atom. The Morgan fingerprint density at radius 1 is 1.12 bits per heavy atom. The molecule has 0 aliphatic heterocycles. The van der Waals surface area contributed by atoms with Gasteiger partial charge in [0.2, 0.25) is 0 Å². The van der Waals surface area contributed by atoms with Crippen LogP contribution in [0.2, 0.25) is 0 Å². The van der Waals surface area contributed by atoms with Crippen molar-refractivity contribution in [3.05, 3.63) is 18.7 Å². The van der Waals surface area contributed by atoms with E-state index in [1.807, 2.05) is 30.5 Å². The smallest absolute Gasteiger partial charge is 0.414 e. The minimum absolute atomic E-state index is 0.536. The van der Waals surface area contributed by atoms with Gasteiger partial charge in [-0.05, 0) is 12.2 Å². The fourth-order valence-corrected chi connectivity index (χ4v) is 3.16. The normalized spacial score (nSPS) is 11.5. The predicted molar refractivity (Wildman–Crippen MR) is 104 cm³/mol. The van der Waals surface area contributed by atoms with Gasteiger partial charge in [0.25, 0.3) is 0 Å². The summed E-state index contributed by atoms with van der Waals surface area (Å²) >= 11 is 1.98. The zero-order valence-electron chi connectivity index (χ0n) is 15.8. The van der Waals surface area contributed by atoms with Crippen molar-refractivity contribution in [3.63, 3.8) is 0 Å². The van der Waals surface area contributed by atoms with Crippen LogP contribution in [0.1, 0.15) is 52.4 Å². The van der Waals surface area contributed by atoms with Gasteiger partial charge in [-0.15, -0.1) is 0 Å². The monoisotopic (exact) mass is 388 g/mol. The summed E-state index contributed by atoms with van der Waals surface area (Å²) in [6.07, 6.45) is 13.7. The number of nitrogens with zero attached hydrogens (tertiary/aromatic N) is 2. The fraction of sp³-hybridized carbons (Fsp3) is 0.722. The van der Waals surface area contributed by atoms with Crippen molar-refractivity contribution < 1.29 is 24.5 Å². The number of imidazole rings is 1. The third kappa shape index (κ3) is 14.8. The van der Waals surface area contributed by atoms with E-state index in [0.29, 0.717) is 5.25 Å². The number of thioether (sulfide) groups is 1. The molecule has 1 atom stereocenters. The molecule has 0 saturated carbocycles. The van der Waals surface area contributed by atoms with E-state index in [1.54, 1.807) is 0 Å². The molecule has 8 heteroatoms. The van der Waals surface area contributed by atoms with Crippen molar-refractivity contribution in [1.82, 2.24) is 9.55 Å². The maximum Gasteiger partial charge on any atom is 0.414 e. The predicted octanol–water partition coefficient (Wildman–Crippen LogP) is 3.54. The van der Waals surface area contributed by atoms with Crippen LogP contribution in [-0.2, 0) is 20.9 Å². The topological polar surface area (TPSA) is 102 Å². The lowest BCUT2D eigenvalue weighted by Crippen LogP contribution is -2.19. The minimum atomic E-state index is -1.82. The lowest BCUT2D eigenvalue weighted by atomic mass is 10.1. The molecular formula is C18H32N2O5S. The number of carboxylic acids is 2. The van der Waals surface area contributed by atoms with Crippen LogP contribution in [0.3, 0.4) is 0 Å². The standard InChI is InChI=1S/C16H30N2OS.C2H2O4/c1-3-5-6-7-8-9-12-19-14-16(20-4-2)13-18-11-10-17-15-18;3-1(4)2(5)6/h10-11,15-16H,3-9,12-14H2,1-2H3;(H,3,4)(H,5,6). The summed E-state index contributed by atoms with van der Waals surface area (Å²) < 4.78 is 7.99. The first-order valence-corrected chi connectivity index (χ1v) is 10.2. The number of unbranched alkanes of at least 4 members (excludes halogenated alkanes) is 5. The summed E-state index contributed by atoms with van der Waals surface area (Å²) in [6.45, 7) is 7.23. The number of carbonyl (C=O) groups is 2. The van der Waals surface area contributed by atoms with Crippen molar-refractivity contribution in [1.29, 1.82) is 0 Å². The van der Waals surface area contributed by atoms with E-state index in [4.69, 9.17) is 24.5 Å². The van der Waals surface area contributed by atoms with Crippen LogP contribution in [0.15, 0.2) is 18.7 Å². The van der Waals surface area contributed by atoms with Gasteiger partial charge in [-0.1, -0.05) is 46.0 Å². The summed E-state index contributed by atoms with van der Waals surface area (Å²) in [5, 5.41) is 15.3. The van der Waals surface area contributed by atoms with Crippen LogP contribution in [0.25, 0.3) is 0 Å². The lowest BCUT2D eigenvalue weighted by molar-refractivity contribution is -0.159. The lowest BCUT2D eigenvalue weighted by Gasteiger charge is -2.16. The van der Waals surface area contributed by atoms with Crippen molar-refractivity contribution in [3.8, 4) is 0 Å². The van der Waals surface area contributed by atoms with E-state index in [2.05, 4.69) is 23.4 Å². The number of ether oxygens (including phenoxy) is 1. The van der Waals surface area contributed by atoms with Crippen molar-refractivity contribution >= 4 is 23.7 Å². The number of aromatic nitrogens is 2. The minimum Gasteiger partial charge on any atom is -0.473 e. The highest BCUT2D eigenvalue weighted by molar-refractivity contribution is 7.99. The summed E-state index contributed by atoms with van der Waals surface area (Å²) in [7, 11) is 0. The zero-order chi connectivity index (χ0) is 19.6. The SMILES string of the molecule is CCCCCCCCOCC(Cn1ccnc1)SCC.O=C(O)C(=O)O. The maximum atomic E-state index is 9.10. The van der Waals surface area contributed by atoms with Gasteiger partial charge >= 0.3 is 11.9 Å². The second-order valence-corrected chi connectivity index (χ2v) is 7.37. The van der Waals surface area contributed by atoms with E-state index < -0.39 is 11.9 Å². The maximum absolute atomic E-state index is 9.10.